The number of nitrogens with one attached hydrogen (secondary N) is 1. The van der Waals surface area contributed by atoms with Crippen LogP contribution in [-0.2, 0) is 4.79 Å². The van der Waals surface area contributed by atoms with Gasteiger partial charge in [0.25, 0.3) is 0 Å². The maximum atomic E-state index is 11.6. The molecule has 3 N–H and O–H groups in total. The van der Waals surface area contributed by atoms with Gasteiger partial charge in [0, 0.05) is 0 Å². The van der Waals surface area contributed by atoms with Crippen molar-refractivity contribution in [3.8, 4) is 0 Å². The summed E-state index contributed by atoms with van der Waals surface area (Å²) in [6.07, 6.45) is 2.06. The third-order valence-corrected chi connectivity index (χ3v) is 3.32. The van der Waals surface area contributed by atoms with Gasteiger partial charge in [0.05, 0.1) is 5.92 Å². The van der Waals surface area contributed by atoms with Crippen LogP contribution in [0, 0.1) is 5.92 Å². The topological polar surface area (TPSA) is 55.1 Å². The summed E-state index contributed by atoms with van der Waals surface area (Å²) in [4.78, 5) is 11.6. The van der Waals surface area contributed by atoms with E-state index in [4.69, 9.17) is 5.73 Å². The third kappa shape index (κ3) is 2.42. The van der Waals surface area contributed by atoms with Crippen molar-refractivity contribution in [3.05, 3.63) is 35.9 Å². The number of hydrogen-bond donors (Lipinski definition) is 2. The number of nitrogens with two attached hydrogens (primary N) is 1. The monoisotopic (exact) mass is 218 g/mol. The van der Waals surface area contributed by atoms with Gasteiger partial charge in [0.15, 0.2) is 0 Å². The Balaban J connectivity index is 2.20. The maximum absolute atomic E-state index is 11.6. The lowest BCUT2D eigenvalue weighted by molar-refractivity contribution is -0.120. The molecule has 0 aromatic heterocycles. The van der Waals surface area contributed by atoms with Crippen LogP contribution in [0.2, 0.25) is 0 Å². The minimum atomic E-state index is -0.196. The molecule has 0 bridgehead atoms. The molecule has 86 valence electrons. The molecule has 0 spiro atoms. The highest BCUT2D eigenvalue weighted by molar-refractivity contribution is 5.82. The second-order valence-electron chi connectivity index (χ2n) is 4.38. The number of primary amides is 1. The highest BCUT2D eigenvalue weighted by Crippen LogP contribution is 2.30. The van der Waals surface area contributed by atoms with Crippen molar-refractivity contribution in [3.63, 3.8) is 0 Å². The molecule has 1 amide bonds. The van der Waals surface area contributed by atoms with Crippen molar-refractivity contribution in [2.24, 2.45) is 11.7 Å². The number of amides is 1. The van der Waals surface area contributed by atoms with Crippen LogP contribution in [0.15, 0.2) is 30.3 Å². The Kier molecular flexibility index (Phi) is 3.57. The Labute approximate surface area is 96.0 Å². The van der Waals surface area contributed by atoms with Crippen molar-refractivity contribution >= 4 is 5.91 Å². The van der Waals surface area contributed by atoms with Crippen molar-refractivity contribution in [2.45, 2.75) is 18.8 Å². The molecule has 0 saturated carbocycles. The lowest BCUT2D eigenvalue weighted by Gasteiger charge is -2.29. The number of piperidine rings is 1. The Bertz CT molecular complexity index is 344. The quantitative estimate of drug-likeness (QED) is 0.802. The summed E-state index contributed by atoms with van der Waals surface area (Å²) in [5.41, 5.74) is 6.60. The van der Waals surface area contributed by atoms with Crippen LogP contribution >= 0.6 is 0 Å². The average molecular weight is 218 g/mol. The van der Waals surface area contributed by atoms with Gasteiger partial charge in [-0.15, -0.1) is 0 Å². The van der Waals surface area contributed by atoms with Crippen molar-refractivity contribution < 1.29 is 4.79 Å². The zero-order chi connectivity index (χ0) is 11.4. The molecule has 3 heteroatoms. The highest BCUT2D eigenvalue weighted by Gasteiger charge is 2.28. The standard InChI is InChI=1S/C13H18N2O/c14-13(16)12(10-4-2-1-3-5-10)11-6-8-15-9-7-11/h1-5,11-12,15H,6-9H2,(H2,14,16)/t12-/m0/s1. The van der Waals surface area contributed by atoms with Crippen molar-refractivity contribution in [1.29, 1.82) is 0 Å². The smallest absolute Gasteiger partial charge is 0.225 e. The summed E-state index contributed by atoms with van der Waals surface area (Å²) in [6.45, 7) is 1.97. The van der Waals surface area contributed by atoms with Gasteiger partial charge in [-0.05, 0) is 37.4 Å². The van der Waals surface area contributed by atoms with E-state index in [0.29, 0.717) is 5.92 Å². The van der Waals surface area contributed by atoms with Gasteiger partial charge in [0.1, 0.15) is 0 Å². The average Bonchev–Trinajstić information content (AvgIpc) is 2.31. The SMILES string of the molecule is NC(=O)[C@@H](c1ccccc1)C1CCNCC1. The lowest BCUT2D eigenvalue weighted by Crippen LogP contribution is -2.36. The summed E-state index contributed by atoms with van der Waals surface area (Å²) in [6, 6.07) is 9.89. The zero-order valence-corrected chi connectivity index (χ0v) is 9.36. The van der Waals surface area contributed by atoms with Crippen LogP contribution in [0.3, 0.4) is 0 Å². The fraction of sp³-hybridized carbons (Fsp3) is 0.462. The molecule has 0 unspecified atom stereocenters. The predicted molar refractivity (Wildman–Crippen MR) is 64.0 cm³/mol. The first-order valence-electron chi connectivity index (χ1n) is 5.84. The van der Waals surface area contributed by atoms with Crippen molar-refractivity contribution in [1.82, 2.24) is 5.32 Å². The van der Waals surface area contributed by atoms with E-state index < -0.39 is 0 Å². The van der Waals surface area contributed by atoms with Crippen LogP contribution in [0.4, 0.5) is 0 Å². The zero-order valence-electron chi connectivity index (χ0n) is 9.36. The van der Waals surface area contributed by atoms with Crippen LogP contribution in [0.25, 0.3) is 0 Å². The molecule has 3 nitrogen and oxygen atoms in total. The van der Waals surface area contributed by atoms with Gasteiger partial charge >= 0.3 is 0 Å². The minimum Gasteiger partial charge on any atom is -0.369 e. The van der Waals surface area contributed by atoms with Crippen LogP contribution < -0.4 is 11.1 Å². The molecule has 1 heterocycles. The molecule has 1 atom stereocenters. The lowest BCUT2D eigenvalue weighted by atomic mass is 9.80. The van der Waals surface area contributed by atoms with Gasteiger partial charge in [-0.3, -0.25) is 4.79 Å². The normalized spacial score (nSPS) is 19.2. The largest absolute Gasteiger partial charge is 0.369 e. The molecule has 1 saturated heterocycles. The number of rotatable bonds is 3. The van der Waals surface area contributed by atoms with E-state index in [2.05, 4.69) is 5.32 Å². The van der Waals surface area contributed by atoms with Gasteiger partial charge in [-0.1, -0.05) is 30.3 Å². The Hall–Kier alpha value is -1.35. The molecule has 16 heavy (non-hydrogen) atoms. The molecular weight excluding hydrogens is 200 g/mol. The van der Waals surface area contributed by atoms with E-state index in [1.54, 1.807) is 0 Å². The van der Waals surface area contributed by atoms with Crippen molar-refractivity contribution in [2.75, 3.05) is 13.1 Å². The molecule has 1 aromatic carbocycles. The van der Waals surface area contributed by atoms with Gasteiger partial charge in [0.2, 0.25) is 5.91 Å². The number of carbonyl (C=O) groups is 1. The molecule has 1 aliphatic rings. The van der Waals surface area contributed by atoms with E-state index >= 15 is 0 Å². The fourth-order valence-electron chi connectivity index (χ4n) is 2.51. The predicted octanol–water partition coefficient (Wildman–Crippen LogP) is 1.26. The first-order chi connectivity index (χ1) is 7.79. The Morgan fingerprint density at radius 2 is 1.88 bits per heavy atom. The molecule has 2 rings (SSSR count). The van der Waals surface area contributed by atoms with E-state index in [1.807, 2.05) is 30.3 Å². The highest BCUT2D eigenvalue weighted by atomic mass is 16.1. The molecule has 1 aromatic rings. The third-order valence-electron chi connectivity index (χ3n) is 3.32. The number of benzene rings is 1. The van der Waals surface area contributed by atoms with Gasteiger partial charge in [-0.25, -0.2) is 0 Å². The number of hydrogen-bond acceptors (Lipinski definition) is 2. The Morgan fingerprint density at radius 3 is 2.44 bits per heavy atom. The number of carbonyl (C=O) groups excluding carboxylic acids is 1. The van der Waals surface area contributed by atoms with Crippen LogP contribution in [0.5, 0.6) is 0 Å². The summed E-state index contributed by atoms with van der Waals surface area (Å²) in [5, 5.41) is 3.31. The first kappa shape index (κ1) is 11.1. The van der Waals surface area contributed by atoms with E-state index in [1.165, 1.54) is 0 Å². The van der Waals surface area contributed by atoms with Crippen LogP contribution in [0.1, 0.15) is 24.3 Å². The summed E-state index contributed by atoms with van der Waals surface area (Å²) >= 11 is 0. The first-order valence-corrected chi connectivity index (χ1v) is 5.84. The van der Waals surface area contributed by atoms with Gasteiger partial charge in [-0.2, -0.15) is 0 Å². The summed E-state index contributed by atoms with van der Waals surface area (Å²) in [5.74, 6) is 0.0718. The van der Waals surface area contributed by atoms with E-state index in [0.717, 1.165) is 31.5 Å². The molecule has 1 fully saturated rings. The summed E-state index contributed by atoms with van der Waals surface area (Å²) < 4.78 is 0. The fourth-order valence-corrected chi connectivity index (χ4v) is 2.51. The second kappa shape index (κ2) is 5.12. The summed E-state index contributed by atoms with van der Waals surface area (Å²) in [7, 11) is 0. The van der Waals surface area contributed by atoms with Crippen LogP contribution in [-0.4, -0.2) is 19.0 Å². The minimum absolute atomic E-state index is 0.122. The molecule has 0 radical (unpaired) electrons. The molecular formula is C13H18N2O. The maximum Gasteiger partial charge on any atom is 0.225 e. The van der Waals surface area contributed by atoms with E-state index in [9.17, 15) is 4.79 Å². The second-order valence-corrected chi connectivity index (χ2v) is 4.38. The van der Waals surface area contributed by atoms with Gasteiger partial charge < -0.3 is 11.1 Å². The molecule has 0 aliphatic carbocycles. The van der Waals surface area contributed by atoms with E-state index in [-0.39, 0.29) is 11.8 Å². The molecule has 1 aliphatic heterocycles. The Morgan fingerprint density at radius 1 is 1.25 bits per heavy atom.